The zero-order chi connectivity index (χ0) is 11.8. The summed E-state index contributed by atoms with van der Waals surface area (Å²) in [6, 6.07) is 7.84. The number of aromatic nitrogens is 1. The fourth-order valence-electron chi connectivity index (χ4n) is 1.50. The number of amides is 1. The first kappa shape index (κ1) is 10.7. The highest BCUT2D eigenvalue weighted by Gasteiger charge is 2.21. The van der Waals surface area contributed by atoms with Crippen LogP contribution in [0.2, 0.25) is 0 Å². The third kappa shape index (κ3) is 1.94. The van der Waals surface area contributed by atoms with Gasteiger partial charge in [0.1, 0.15) is 0 Å². The monoisotopic (exact) mass is 216 g/mol. The molecule has 0 radical (unpaired) electrons. The van der Waals surface area contributed by atoms with Gasteiger partial charge in [0.05, 0.1) is 11.2 Å². The summed E-state index contributed by atoms with van der Waals surface area (Å²) in [6.07, 6.45) is 1.87. The van der Waals surface area contributed by atoms with E-state index >= 15 is 0 Å². The fraction of sp³-hybridized carbons (Fsp3) is 0.308. The number of anilines is 1. The van der Waals surface area contributed by atoms with Crippen molar-refractivity contribution in [1.29, 1.82) is 0 Å². The molecular formula is C13H16N2O. The van der Waals surface area contributed by atoms with E-state index in [0.29, 0.717) is 0 Å². The molecule has 3 nitrogen and oxygen atoms in total. The van der Waals surface area contributed by atoms with Crippen LogP contribution in [-0.2, 0) is 4.79 Å². The van der Waals surface area contributed by atoms with Crippen molar-refractivity contribution in [2.45, 2.75) is 20.8 Å². The third-order valence-corrected chi connectivity index (χ3v) is 2.52. The van der Waals surface area contributed by atoms with Gasteiger partial charge in [0.2, 0.25) is 5.91 Å². The summed E-state index contributed by atoms with van der Waals surface area (Å²) in [5.74, 6) is 0.0228. The van der Waals surface area contributed by atoms with Crippen molar-refractivity contribution < 1.29 is 4.79 Å². The Kier molecular flexibility index (Phi) is 2.46. The van der Waals surface area contributed by atoms with Crippen LogP contribution >= 0.6 is 0 Å². The van der Waals surface area contributed by atoms with Crippen LogP contribution in [0.25, 0.3) is 10.9 Å². The Labute approximate surface area is 94.9 Å². The van der Waals surface area contributed by atoms with E-state index in [1.54, 1.807) is 0 Å². The summed E-state index contributed by atoms with van der Waals surface area (Å²) in [4.78, 5) is 15.0. The van der Waals surface area contributed by atoms with Gasteiger partial charge in [0, 0.05) is 17.0 Å². The first-order valence-electron chi connectivity index (χ1n) is 5.36. The summed E-state index contributed by atoms with van der Waals surface area (Å²) >= 11 is 0. The number of hydrogen-bond acceptors (Lipinski definition) is 1. The molecule has 2 aromatic rings. The first-order chi connectivity index (χ1) is 7.48. The van der Waals surface area contributed by atoms with Crippen molar-refractivity contribution in [3.8, 4) is 0 Å². The summed E-state index contributed by atoms with van der Waals surface area (Å²) in [5, 5.41) is 4.04. The molecule has 0 bridgehead atoms. The SMILES string of the molecule is CC(C)(C)C(=O)Nc1cccc2cc[nH]c12. The normalized spacial score (nSPS) is 11.7. The molecule has 84 valence electrons. The summed E-state index contributed by atoms with van der Waals surface area (Å²) in [7, 11) is 0. The molecule has 0 aliphatic rings. The van der Waals surface area contributed by atoms with Crippen molar-refractivity contribution in [2.75, 3.05) is 5.32 Å². The fourth-order valence-corrected chi connectivity index (χ4v) is 1.50. The number of nitrogens with one attached hydrogen (secondary N) is 2. The highest BCUT2D eigenvalue weighted by atomic mass is 16.2. The van der Waals surface area contributed by atoms with Crippen molar-refractivity contribution in [3.05, 3.63) is 30.5 Å². The van der Waals surface area contributed by atoms with Crippen LogP contribution in [0.5, 0.6) is 0 Å². The predicted molar refractivity (Wildman–Crippen MR) is 66.4 cm³/mol. The number of para-hydroxylation sites is 1. The molecule has 0 aliphatic heterocycles. The van der Waals surface area contributed by atoms with Gasteiger partial charge in [-0.05, 0) is 12.1 Å². The molecule has 0 saturated heterocycles. The van der Waals surface area contributed by atoms with Crippen molar-refractivity contribution in [2.24, 2.45) is 5.41 Å². The number of hydrogen-bond donors (Lipinski definition) is 2. The molecule has 1 heterocycles. The number of carbonyl (C=O) groups excluding carboxylic acids is 1. The third-order valence-electron chi connectivity index (χ3n) is 2.52. The zero-order valence-corrected chi connectivity index (χ0v) is 9.79. The maximum absolute atomic E-state index is 11.9. The smallest absolute Gasteiger partial charge is 0.229 e. The molecule has 0 spiro atoms. The van der Waals surface area contributed by atoms with Crippen LogP contribution in [-0.4, -0.2) is 10.9 Å². The standard InChI is InChI=1S/C13H16N2O/c1-13(2,3)12(16)15-10-6-4-5-9-7-8-14-11(9)10/h4-8,14H,1-3H3,(H,15,16). The van der Waals surface area contributed by atoms with Crippen LogP contribution < -0.4 is 5.32 Å². The van der Waals surface area contributed by atoms with E-state index in [9.17, 15) is 4.79 Å². The van der Waals surface area contributed by atoms with E-state index in [4.69, 9.17) is 0 Å². The van der Waals surface area contributed by atoms with E-state index in [-0.39, 0.29) is 11.3 Å². The molecule has 16 heavy (non-hydrogen) atoms. The van der Waals surface area contributed by atoms with Gasteiger partial charge in [-0.2, -0.15) is 0 Å². The minimum atomic E-state index is -0.380. The number of benzene rings is 1. The molecule has 0 saturated carbocycles. The van der Waals surface area contributed by atoms with Gasteiger partial charge in [0.25, 0.3) is 0 Å². The van der Waals surface area contributed by atoms with Gasteiger partial charge in [-0.1, -0.05) is 32.9 Å². The number of rotatable bonds is 1. The number of aromatic amines is 1. The molecule has 1 aromatic heterocycles. The Morgan fingerprint density at radius 1 is 1.25 bits per heavy atom. The molecule has 3 heteroatoms. The lowest BCUT2D eigenvalue weighted by atomic mass is 9.95. The van der Waals surface area contributed by atoms with Gasteiger partial charge in [-0.3, -0.25) is 4.79 Å². The molecule has 0 aliphatic carbocycles. The summed E-state index contributed by atoms with van der Waals surface area (Å²) < 4.78 is 0. The lowest BCUT2D eigenvalue weighted by molar-refractivity contribution is -0.123. The lowest BCUT2D eigenvalue weighted by Gasteiger charge is -2.17. The minimum absolute atomic E-state index is 0.0228. The molecule has 1 amide bonds. The maximum atomic E-state index is 11.9. The Balaban J connectivity index is 2.35. The minimum Gasteiger partial charge on any atom is -0.359 e. The van der Waals surface area contributed by atoms with Crippen LogP contribution in [0.3, 0.4) is 0 Å². The van der Waals surface area contributed by atoms with E-state index in [2.05, 4.69) is 10.3 Å². The Bertz CT molecular complexity index is 520. The molecule has 0 atom stereocenters. The van der Waals surface area contributed by atoms with E-state index in [0.717, 1.165) is 16.6 Å². The van der Waals surface area contributed by atoms with Gasteiger partial charge >= 0.3 is 0 Å². The number of H-pyrrole nitrogens is 1. The topological polar surface area (TPSA) is 44.9 Å². The number of carbonyl (C=O) groups is 1. The quantitative estimate of drug-likeness (QED) is 0.755. The van der Waals surface area contributed by atoms with Crippen LogP contribution in [0.1, 0.15) is 20.8 Å². The highest BCUT2D eigenvalue weighted by Crippen LogP contribution is 2.24. The molecular weight excluding hydrogens is 200 g/mol. The van der Waals surface area contributed by atoms with E-state index in [1.165, 1.54) is 0 Å². The largest absolute Gasteiger partial charge is 0.359 e. The Hall–Kier alpha value is -1.77. The van der Waals surface area contributed by atoms with Crippen LogP contribution in [0.4, 0.5) is 5.69 Å². The van der Waals surface area contributed by atoms with Gasteiger partial charge in [0.15, 0.2) is 0 Å². The highest BCUT2D eigenvalue weighted by molar-refractivity contribution is 6.02. The summed E-state index contributed by atoms with van der Waals surface area (Å²) in [6.45, 7) is 5.70. The van der Waals surface area contributed by atoms with Crippen LogP contribution in [0, 0.1) is 5.41 Å². The molecule has 0 unspecified atom stereocenters. The van der Waals surface area contributed by atoms with Gasteiger partial charge in [-0.15, -0.1) is 0 Å². The average molecular weight is 216 g/mol. The van der Waals surface area contributed by atoms with Gasteiger partial charge in [-0.25, -0.2) is 0 Å². The Morgan fingerprint density at radius 2 is 2.00 bits per heavy atom. The molecule has 2 N–H and O–H groups in total. The Morgan fingerprint density at radius 3 is 2.69 bits per heavy atom. The van der Waals surface area contributed by atoms with Crippen LogP contribution in [0.15, 0.2) is 30.5 Å². The van der Waals surface area contributed by atoms with Crippen molar-refractivity contribution >= 4 is 22.5 Å². The second kappa shape index (κ2) is 3.67. The van der Waals surface area contributed by atoms with Crippen molar-refractivity contribution in [3.63, 3.8) is 0 Å². The van der Waals surface area contributed by atoms with Gasteiger partial charge < -0.3 is 10.3 Å². The predicted octanol–water partition coefficient (Wildman–Crippen LogP) is 3.15. The summed E-state index contributed by atoms with van der Waals surface area (Å²) in [5.41, 5.74) is 1.43. The number of fused-ring (bicyclic) bond motifs is 1. The first-order valence-corrected chi connectivity index (χ1v) is 5.36. The average Bonchev–Trinajstić information content (AvgIpc) is 2.65. The zero-order valence-electron chi connectivity index (χ0n) is 9.79. The maximum Gasteiger partial charge on any atom is 0.229 e. The lowest BCUT2D eigenvalue weighted by Crippen LogP contribution is -2.27. The second-order valence-corrected chi connectivity index (χ2v) is 4.95. The molecule has 2 rings (SSSR count). The second-order valence-electron chi connectivity index (χ2n) is 4.95. The molecule has 0 fully saturated rings. The van der Waals surface area contributed by atoms with E-state index < -0.39 is 0 Å². The molecule has 1 aromatic carbocycles. The van der Waals surface area contributed by atoms with E-state index in [1.807, 2.05) is 51.2 Å². The van der Waals surface area contributed by atoms with Crippen molar-refractivity contribution in [1.82, 2.24) is 4.98 Å².